The summed E-state index contributed by atoms with van der Waals surface area (Å²) in [5.74, 6) is 1.05. The molecule has 0 aromatic heterocycles. The van der Waals surface area contributed by atoms with E-state index in [0.29, 0.717) is 18.1 Å². The zero-order valence-corrected chi connectivity index (χ0v) is 6.68. The number of nitrogens with one attached hydrogen (secondary N) is 1. The Morgan fingerprint density at radius 1 is 1.70 bits per heavy atom. The number of rotatable bonds is 2. The third kappa shape index (κ3) is 1.57. The van der Waals surface area contributed by atoms with Crippen LogP contribution in [0.1, 0.15) is 26.7 Å². The van der Waals surface area contributed by atoms with Gasteiger partial charge in [0.15, 0.2) is 0 Å². The predicted octanol–water partition coefficient (Wildman–Crippen LogP) is 0.964. The highest BCUT2D eigenvalue weighted by molar-refractivity contribution is 5.83. The van der Waals surface area contributed by atoms with Gasteiger partial charge >= 0.3 is 0 Å². The van der Waals surface area contributed by atoms with Gasteiger partial charge in [-0.1, -0.05) is 13.8 Å². The molecule has 1 saturated heterocycles. The maximum absolute atomic E-state index is 11.1. The first-order valence-electron chi connectivity index (χ1n) is 4.00. The molecule has 0 unspecified atom stereocenters. The largest absolute Gasteiger partial charge is 0.307 e. The van der Waals surface area contributed by atoms with Gasteiger partial charge in [-0.15, -0.1) is 0 Å². The third-order valence-corrected chi connectivity index (χ3v) is 2.09. The first kappa shape index (κ1) is 7.73. The molecule has 0 bridgehead atoms. The second-order valence-electron chi connectivity index (χ2n) is 3.12. The summed E-state index contributed by atoms with van der Waals surface area (Å²) in [5.41, 5.74) is 0. The van der Waals surface area contributed by atoms with Gasteiger partial charge in [0.1, 0.15) is 5.78 Å². The lowest BCUT2D eigenvalue weighted by molar-refractivity contribution is -0.120. The normalized spacial score (nSPS) is 32.6. The van der Waals surface area contributed by atoms with E-state index in [1.54, 1.807) is 0 Å². The average Bonchev–Trinajstić information content (AvgIpc) is 2.34. The highest BCUT2D eigenvalue weighted by atomic mass is 16.1. The Balaban J connectivity index is 2.37. The van der Waals surface area contributed by atoms with Crippen molar-refractivity contribution in [1.29, 1.82) is 0 Å². The number of hydrogen-bond acceptors (Lipinski definition) is 2. The molecule has 2 atom stereocenters. The lowest BCUT2D eigenvalue weighted by Crippen LogP contribution is -2.29. The molecule has 2 nitrogen and oxygen atoms in total. The first-order chi connectivity index (χ1) is 4.74. The van der Waals surface area contributed by atoms with E-state index in [4.69, 9.17) is 0 Å². The van der Waals surface area contributed by atoms with Crippen LogP contribution in [0.5, 0.6) is 0 Å². The van der Waals surface area contributed by atoms with Crippen LogP contribution in [0.25, 0.3) is 0 Å². The zero-order valence-electron chi connectivity index (χ0n) is 6.68. The highest BCUT2D eigenvalue weighted by Crippen LogP contribution is 2.13. The van der Waals surface area contributed by atoms with E-state index < -0.39 is 0 Å². The van der Waals surface area contributed by atoms with Gasteiger partial charge < -0.3 is 5.32 Å². The van der Waals surface area contributed by atoms with Gasteiger partial charge in [-0.2, -0.15) is 0 Å². The molecule has 0 aromatic carbocycles. The molecule has 1 fully saturated rings. The summed E-state index contributed by atoms with van der Waals surface area (Å²) in [6.07, 6.45) is 1.71. The Kier molecular flexibility index (Phi) is 2.44. The van der Waals surface area contributed by atoms with E-state index >= 15 is 0 Å². The van der Waals surface area contributed by atoms with Crippen LogP contribution < -0.4 is 5.32 Å². The van der Waals surface area contributed by atoms with E-state index in [-0.39, 0.29) is 6.04 Å². The van der Waals surface area contributed by atoms with Gasteiger partial charge in [0.05, 0.1) is 6.04 Å². The monoisotopic (exact) mass is 141 g/mol. The van der Waals surface area contributed by atoms with Crippen LogP contribution in [0.15, 0.2) is 0 Å². The molecular weight excluding hydrogens is 126 g/mol. The maximum Gasteiger partial charge on any atom is 0.149 e. The molecule has 1 aliphatic rings. The number of Topliss-reactive ketones (excluding diaryl/α,β-unsaturated/α-hetero) is 1. The van der Waals surface area contributed by atoms with E-state index in [0.717, 1.165) is 13.0 Å². The molecular formula is C8H15NO. The molecule has 1 N–H and O–H groups in total. The van der Waals surface area contributed by atoms with Gasteiger partial charge in [-0.05, 0) is 18.9 Å². The minimum atomic E-state index is 0.167. The van der Waals surface area contributed by atoms with Crippen molar-refractivity contribution in [1.82, 2.24) is 5.32 Å². The first-order valence-corrected chi connectivity index (χ1v) is 4.00. The second-order valence-corrected chi connectivity index (χ2v) is 3.12. The lowest BCUT2D eigenvalue weighted by atomic mass is 10.0. The van der Waals surface area contributed by atoms with Crippen LogP contribution in [0, 0.1) is 5.92 Å². The fourth-order valence-electron chi connectivity index (χ4n) is 1.40. The molecule has 0 amide bonds. The van der Waals surface area contributed by atoms with E-state index in [1.807, 2.05) is 6.92 Å². The minimum Gasteiger partial charge on any atom is -0.307 e. The van der Waals surface area contributed by atoms with Crippen LogP contribution in [0.3, 0.4) is 0 Å². The van der Waals surface area contributed by atoms with Gasteiger partial charge in [0, 0.05) is 6.42 Å². The van der Waals surface area contributed by atoms with Crippen molar-refractivity contribution in [2.24, 2.45) is 5.92 Å². The topological polar surface area (TPSA) is 29.1 Å². The Morgan fingerprint density at radius 2 is 2.40 bits per heavy atom. The molecule has 0 aliphatic carbocycles. The standard InChI is InChI=1S/C8H15NO/c1-3-8(10)7-4-6(2)5-9-7/h6-7,9H,3-5H2,1-2H3/t6-,7+/m1/s1. The van der Waals surface area contributed by atoms with Crippen LogP contribution in [-0.4, -0.2) is 18.4 Å². The fourth-order valence-corrected chi connectivity index (χ4v) is 1.40. The zero-order chi connectivity index (χ0) is 7.56. The van der Waals surface area contributed by atoms with Crippen molar-refractivity contribution in [2.75, 3.05) is 6.54 Å². The summed E-state index contributed by atoms with van der Waals surface area (Å²) in [7, 11) is 0. The maximum atomic E-state index is 11.1. The molecule has 58 valence electrons. The summed E-state index contributed by atoms with van der Waals surface area (Å²) in [4.78, 5) is 11.1. The van der Waals surface area contributed by atoms with Gasteiger partial charge in [0.2, 0.25) is 0 Å². The smallest absolute Gasteiger partial charge is 0.149 e. The Hall–Kier alpha value is -0.370. The van der Waals surface area contributed by atoms with Crippen molar-refractivity contribution in [3.8, 4) is 0 Å². The summed E-state index contributed by atoms with van der Waals surface area (Å²) >= 11 is 0. The molecule has 0 spiro atoms. The van der Waals surface area contributed by atoms with Crippen molar-refractivity contribution in [3.05, 3.63) is 0 Å². The number of ketones is 1. The molecule has 1 rings (SSSR count). The second kappa shape index (κ2) is 3.15. The summed E-state index contributed by atoms with van der Waals surface area (Å²) < 4.78 is 0. The summed E-state index contributed by atoms with van der Waals surface area (Å²) in [5, 5.41) is 3.21. The van der Waals surface area contributed by atoms with Crippen LogP contribution in [0.2, 0.25) is 0 Å². The van der Waals surface area contributed by atoms with Crippen molar-refractivity contribution >= 4 is 5.78 Å². The van der Waals surface area contributed by atoms with Crippen LogP contribution >= 0.6 is 0 Å². The lowest BCUT2D eigenvalue weighted by Gasteiger charge is -2.05. The fraction of sp³-hybridized carbons (Fsp3) is 0.875. The van der Waals surface area contributed by atoms with E-state index in [9.17, 15) is 4.79 Å². The van der Waals surface area contributed by atoms with Gasteiger partial charge in [0.25, 0.3) is 0 Å². The third-order valence-electron chi connectivity index (χ3n) is 2.09. The SMILES string of the molecule is CCC(=O)[C@@H]1C[C@@H](C)CN1. The summed E-state index contributed by atoms with van der Waals surface area (Å²) in [6, 6.07) is 0.167. The Labute approximate surface area is 62.0 Å². The minimum absolute atomic E-state index is 0.167. The molecule has 2 heteroatoms. The number of carbonyl (C=O) groups is 1. The van der Waals surface area contributed by atoms with Crippen molar-refractivity contribution in [3.63, 3.8) is 0 Å². The van der Waals surface area contributed by atoms with Crippen molar-refractivity contribution < 1.29 is 4.79 Å². The number of hydrogen-bond donors (Lipinski definition) is 1. The average molecular weight is 141 g/mol. The van der Waals surface area contributed by atoms with E-state index in [2.05, 4.69) is 12.2 Å². The quantitative estimate of drug-likeness (QED) is 0.620. The molecule has 1 heterocycles. The molecule has 0 aromatic rings. The van der Waals surface area contributed by atoms with Crippen LogP contribution in [0.4, 0.5) is 0 Å². The molecule has 1 aliphatic heterocycles. The number of carbonyl (C=O) groups excluding carboxylic acids is 1. The molecule has 0 saturated carbocycles. The van der Waals surface area contributed by atoms with Crippen molar-refractivity contribution in [2.45, 2.75) is 32.7 Å². The Bertz CT molecular complexity index is 133. The summed E-state index contributed by atoms with van der Waals surface area (Å²) in [6.45, 7) is 5.11. The van der Waals surface area contributed by atoms with Gasteiger partial charge in [-0.3, -0.25) is 4.79 Å². The van der Waals surface area contributed by atoms with Crippen LogP contribution in [-0.2, 0) is 4.79 Å². The molecule has 0 radical (unpaired) electrons. The van der Waals surface area contributed by atoms with Gasteiger partial charge in [-0.25, -0.2) is 0 Å². The molecule has 10 heavy (non-hydrogen) atoms. The predicted molar refractivity (Wildman–Crippen MR) is 40.9 cm³/mol. The highest BCUT2D eigenvalue weighted by Gasteiger charge is 2.24. The van der Waals surface area contributed by atoms with E-state index in [1.165, 1.54) is 0 Å². The Morgan fingerprint density at radius 3 is 2.80 bits per heavy atom.